The Hall–Kier alpha value is -1.90. The Morgan fingerprint density at radius 1 is 1.14 bits per heavy atom. The van der Waals surface area contributed by atoms with Gasteiger partial charge < -0.3 is 10.6 Å². The summed E-state index contributed by atoms with van der Waals surface area (Å²) in [5, 5.41) is 6.21. The smallest absolute Gasteiger partial charge is 0.356 e. The summed E-state index contributed by atoms with van der Waals surface area (Å²) in [4.78, 5) is 5.54. The van der Waals surface area contributed by atoms with Gasteiger partial charge in [0, 0.05) is 20.1 Å². The van der Waals surface area contributed by atoms with Crippen LogP contribution in [0, 0.1) is 17.6 Å². The molecule has 1 saturated heterocycles. The topological polar surface area (TPSA) is 39.7 Å². The number of hydrogen-bond donors (Lipinski definition) is 2. The summed E-state index contributed by atoms with van der Waals surface area (Å²) in [6.45, 7) is 1.15. The quantitative estimate of drug-likeness (QED) is 0.415. The summed E-state index contributed by atoms with van der Waals surface area (Å²) in [5.41, 5.74) is 0.300. The molecule has 1 fully saturated rings. The maximum absolute atomic E-state index is 13.6. The van der Waals surface area contributed by atoms with E-state index in [1.165, 1.54) is 11.0 Å². The molecule has 1 heterocycles. The van der Waals surface area contributed by atoms with Crippen molar-refractivity contribution in [1.29, 1.82) is 0 Å². The number of halogens is 5. The van der Waals surface area contributed by atoms with Crippen LogP contribution in [0.25, 0.3) is 0 Å². The molecule has 0 radical (unpaired) electrons. The largest absolute Gasteiger partial charge is 0.401 e. The summed E-state index contributed by atoms with van der Waals surface area (Å²) in [7, 11) is 1.62. The maximum atomic E-state index is 13.6. The van der Waals surface area contributed by atoms with Crippen molar-refractivity contribution >= 4 is 5.96 Å². The number of rotatable bonds is 7. The third-order valence-corrected chi connectivity index (χ3v) is 4.90. The van der Waals surface area contributed by atoms with Crippen LogP contribution in [-0.4, -0.2) is 56.8 Å². The zero-order chi connectivity index (χ0) is 20.6. The van der Waals surface area contributed by atoms with Crippen LogP contribution in [0.4, 0.5) is 22.0 Å². The Bertz CT molecular complexity index is 640. The first-order chi connectivity index (χ1) is 13.3. The first kappa shape index (κ1) is 22.4. The van der Waals surface area contributed by atoms with Crippen LogP contribution >= 0.6 is 0 Å². The van der Waals surface area contributed by atoms with Crippen LogP contribution in [0.2, 0.25) is 0 Å². The van der Waals surface area contributed by atoms with Gasteiger partial charge in [0.05, 0.1) is 6.54 Å². The van der Waals surface area contributed by atoms with E-state index in [0.29, 0.717) is 50.0 Å². The van der Waals surface area contributed by atoms with E-state index < -0.39 is 24.4 Å². The molecule has 2 N–H and O–H groups in total. The molecule has 28 heavy (non-hydrogen) atoms. The summed E-state index contributed by atoms with van der Waals surface area (Å²) in [5.74, 6) is -0.742. The predicted molar refractivity (Wildman–Crippen MR) is 99.3 cm³/mol. The van der Waals surface area contributed by atoms with Crippen molar-refractivity contribution < 1.29 is 22.0 Å². The van der Waals surface area contributed by atoms with Gasteiger partial charge in [0.2, 0.25) is 0 Å². The molecule has 1 aromatic carbocycles. The fraction of sp³-hybridized carbons (Fsp3) is 0.632. The molecule has 0 saturated carbocycles. The van der Waals surface area contributed by atoms with E-state index in [2.05, 4.69) is 15.6 Å². The van der Waals surface area contributed by atoms with E-state index in [1.807, 2.05) is 0 Å². The first-order valence-electron chi connectivity index (χ1n) is 9.45. The third kappa shape index (κ3) is 7.61. The zero-order valence-electron chi connectivity index (χ0n) is 16.0. The summed E-state index contributed by atoms with van der Waals surface area (Å²) in [6, 6.07) is 4.10. The van der Waals surface area contributed by atoms with Gasteiger partial charge in [-0.15, -0.1) is 0 Å². The Labute approximate surface area is 162 Å². The number of aliphatic imine (C=N–C) groups is 1. The van der Waals surface area contributed by atoms with Gasteiger partial charge in [-0.25, -0.2) is 8.78 Å². The molecule has 0 aromatic heterocycles. The van der Waals surface area contributed by atoms with Gasteiger partial charge in [-0.2, -0.15) is 13.2 Å². The number of hydrogen-bond acceptors (Lipinski definition) is 2. The minimum absolute atomic E-state index is 0.300. The third-order valence-electron chi connectivity index (χ3n) is 4.90. The van der Waals surface area contributed by atoms with Crippen LogP contribution in [0.15, 0.2) is 23.2 Å². The lowest BCUT2D eigenvalue weighted by molar-refractivity contribution is -0.148. The average molecular weight is 406 g/mol. The lowest BCUT2D eigenvalue weighted by atomic mass is 9.93. The molecule has 9 heteroatoms. The molecular formula is C19H27F5N4. The van der Waals surface area contributed by atoms with Crippen molar-refractivity contribution in [1.82, 2.24) is 15.5 Å². The van der Waals surface area contributed by atoms with Gasteiger partial charge in [0.15, 0.2) is 17.6 Å². The Balaban J connectivity index is 1.63. The van der Waals surface area contributed by atoms with Gasteiger partial charge in [0.25, 0.3) is 0 Å². The molecule has 1 aliphatic rings. The molecule has 0 unspecified atom stereocenters. The number of nitrogens with zero attached hydrogens (tertiary/aromatic N) is 2. The minimum atomic E-state index is -4.14. The van der Waals surface area contributed by atoms with Crippen LogP contribution in [0.5, 0.6) is 0 Å². The normalized spacial score (nSPS) is 17.0. The molecule has 158 valence electrons. The number of nitrogens with one attached hydrogen (secondary N) is 2. The lowest BCUT2D eigenvalue weighted by Gasteiger charge is -2.32. The van der Waals surface area contributed by atoms with Gasteiger partial charge in [-0.3, -0.25) is 9.89 Å². The standard InChI is InChI=1S/C19H27F5N4/c1-25-18(27-10-6-15-3-2-4-16(20)17(15)21)26-9-5-14-7-11-28(12-8-14)13-19(22,23)24/h2-4,14H,5-13H2,1H3,(H2,25,26,27). The van der Waals surface area contributed by atoms with Gasteiger partial charge in [0.1, 0.15) is 0 Å². The van der Waals surface area contributed by atoms with Crippen molar-refractivity contribution in [3.63, 3.8) is 0 Å². The number of likely N-dealkylation sites (tertiary alicyclic amines) is 1. The second kappa shape index (κ2) is 10.6. The molecule has 1 aliphatic heterocycles. The number of piperidine rings is 1. The first-order valence-corrected chi connectivity index (χ1v) is 9.45. The van der Waals surface area contributed by atoms with E-state index in [9.17, 15) is 22.0 Å². The highest BCUT2D eigenvalue weighted by molar-refractivity contribution is 5.79. The second-order valence-electron chi connectivity index (χ2n) is 7.01. The van der Waals surface area contributed by atoms with Crippen molar-refractivity contribution in [2.45, 2.75) is 31.9 Å². The van der Waals surface area contributed by atoms with E-state index in [4.69, 9.17) is 0 Å². The molecule has 1 aromatic rings. The van der Waals surface area contributed by atoms with Crippen molar-refractivity contribution in [2.75, 3.05) is 39.8 Å². The van der Waals surface area contributed by atoms with Crippen LogP contribution in [-0.2, 0) is 6.42 Å². The minimum Gasteiger partial charge on any atom is -0.356 e. The van der Waals surface area contributed by atoms with E-state index in [1.54, 1.807) is 13.1 Å². The van der Waals surface area contributed by atoms with Crippen LogP contribution in [0.3, 0.4) is 0 Å². The van der Waals surface area contributed by atoms with Crippen LogP contribution < -0.4 is 10.6 Å². The summed E-state index contributed by atoms with van der Waals surface area (Å²) in [6.07, 6.45) is -1.46. The van der Waals surface area contributed by atoms with Crippen molar-refractivity contribution in [2.24, 2.45) is 10.9 Å². The predicted octanol–water partition coefficient (Wildman–Crippen LogP) is 3.34. The second-order valence-corrected chi connectivity index (χ2v) is 7.01. The Kier molecular flexibility index (Phi) is 8.47. The molecule has 0 aliphatic carbocycles. The molecule has 0 amide bonds. The highest BCUT2D eigenvalue weighted by Gasteiger charge is 2.32. The Morgan fingerprint density at radius 3 is 2.46 bits per heavy atom. The molecule has 0 bridgehead atoms. The van der Waals surface area contributed by atoms with E-state index >= 15 is 0 Å². The Morgan fingerprint density at radius 2 is 1.82 bits per heavy atom. The number of guanidine groups is 1. The molecule has 0 spiro atoms. The zero-order valence-corrected chi connectivity index (χ0v) is 16.0. The van der Waals surface area contributed by atoms with Gasteiger partial charge >= 0.3 is 6.18 Å². The summed E-state index contributed by atoms with van der Waals surface area (Å²) >= 11 is 0. The SMILES string of the molecule is CN=C(NCCc1cccc(F)c1F)NCCC1CCN(CC(F)(F)F)CC1. The highest BCUT2D eigenvalue weighted by atomic mass is 19.4. The van der Waals surface area contributed by atoms with Crippen LogP contribution in [0.1, 0.15) is 24.8 Å². The molecule has 0 atom stereocenters. The monoisotopic (exact) mass is 406 g/mol. The number of benzene rings is 1. The van der Waals surface area contributed by atoms with Crippen molar-refractivity contribution in [3.05, 3.63) is 35.4 Å². The molecule has 2 rings (SSSR count). The van der Waals surface area contributed by atoms with Gasteiger partial charge in [-0.1, -0.05) is 12.1 Å². The van der Waals surface area contributed by atoms with Gasteiger partial charge in [-0.05, 0) is 56.3 Å². The lowest BCUT2D eigenvalue weighted by Crippen LogP contribution is -2.42. The fourth-order valence-corrected chi connectivity index (χ4v) is 3.36. The van der Waals surface area contributed by atoms with E-state index in [0.717, 1.165) is 25.3 Å². The number of alkyl halides is 3. The summed E-state index contributed by atoms with van der Waals surface area (Å²) < 4.78 is 64.0. The van der Waals surface area contributed by atoms with E-state index in [-0.39, 0.29) is 0 Å². The van der Waals surface area contributed by atoms with Crippen molar-refractivity contribution in [3.8, 4) is 0 Å². The molecular weight excluding hydrogens is 379 g/mol. The highest BCUT2D eigenvalue weighted by Crippen LogP contribution is 2.23. The molecule has 4 nitrogen and oxygen atoms in total. The maximum Gasteiger partial charge on any atom is 0.401 e. The average Bonchev–Trinajstić information content (AvgIpc) is 2.64. The fourth-order valence-electron chi connectivity index (χ4n) is 3.36.